The highest BCUT2D eigenvalue weighted by Crippen LogP contribution is 2.21. The van der Waals surface area contributed by atoms with Gasteiger partial charge in [-0.2, -0.15) is 0 Å². The van der Waals surface area contributed by atoms with E-state index in [0.29, 0.717) is 12.0 Å². The molecule has 0 spiro atoms. The largest absolute Gasteiger partial charge is 0.393 e. The average Bonchev–Trinajstić information content (AvgIpc) is 2.40. The lowest BCUT2D eigenvalue weighted by molar-refractivity contribution is 0.0288. The molecular formula is C15H22FNO2. The lowest BCUT2D eigenvalue weighted by atomic mass is 9.96. The summed E-state index contributed by atoms with van der Waals surface area (Å²) in [6.45, 7) is 4.53. The number of likely N-dealkylation sites (tertiary alicyclic amines) is 1. The SMILES string of the molecule is CC1CN(CCC(O)c2cccc(F)c2)CCC1O. The fourth-order valence-electron chi connectivity index (χ4n) is 2.61. The summed E-state index contributed by atoms with van der Waals surface area (Å²) in [5, 5.41) is 19.7. The second kappa shape index (κ2) is 6.46. The predicted molar refractivity (Wildman–Crippen MR) is 72.2 cm³/mol. The number of aliphatic hydroxyl groups is 2. The first-order chi connectivity index (χ1) is 9.06. The Morgan fingerprint density at radius 1 is 1.47 bits per heavy atom. The summed E-state index contributed by atoms with van der Waals surface area (Å²) >= 11 is 0. The first-order valence-electron chi connectivity index (χ1n) is 6.90. The van der Waals surface area contributed by atoms with E-state index in [0.717, 1.165) is 26.1 Å². The second-order valence-corrected chi connectivity index (χ2v) is 5.49. The van der Waals surface area contributed by atoms with Crippen molar-refractivity contribution in [2.24, 2.45) is 5.92 Å². The molecule has 19 heavy (non-hydrogen) atoms. The molecule has 2 rings (SSSR count). The number of benzene rings is 1. The normalized spacial score (nSPS) is 26.3. The maximum atomic E-state index is 13.1. The molecule has 1 aromatic rings. The topological polar surface area (TPSA) is 43.7 Å². The van der Waals surface area contributed by atoms with E-state index in [4.69, 9.17) is 0 Å². The van der Waals surface area contributed by atoms with Gasteiger partial charge in [0, 0.05) is 19.6 Å². The summed E-state index contributed by atoms with van der Waals surface area (Å²) in [5.74, 6) is -0.0358. The molecule has 2 N–H and O–H groups in total. The summed E-state index contributed by atoms with van der Waals surface area (Å²) in [6.07, 6.45) is 0.547. The van der Waals surface area contributed by atoms with Crippen LogP contribution in [0.25, 0.3) is 0 Å². The number of nitrogens with zero attached hydrogens (tertiary/aromatic N) is 1. The highest BCUT2D eigenvalue weighted by atomic mass is 19.1. The maximum absolute atomic E-state index is 13.1. The minimum absolute atomic E-state index is 0.204. The van der Waals surface area contributed by atoms with E-state index in [-0.39, 0.29) is 17.8 Å². The van der Waals surface area contributed by atoms with Crippen LogP contribution in [0.5, 0.6) is 0 Å². The van der Waals surface area contributed by atoms with Gasteiger partial charge in [0.15, 0.2) is 0 Å². The van der Waals surface area contributed by atoms with Gasteiger partial charge in [0.25, 0.3) is 0 Å². The van der Waals surface area contributed by atoms with E-state index >= 15 is 0 Å². The lowest BCUT2D eigenvalue weighted by Gasteiger charge is -2.34. The van der Waals surface area contributed by atoms with Crippen LogP contribution >= 0.6 is 0 Å². The summed E-state index contributed by atoms with van der Waals surface area (Å²) < 4.78 is 13.1. The fourth-order valence-corrected chi connectivity index (χ4v) is 2.61. The van der Waals surface area contributed by atoms with Crippen molar-refractivity contribution < 1.29 is 14.6 Å². The molecule has 4 heteroatoms. The fraction of sp³-hybridized carbons (Fsp3) is 0.600. The zero-order valence-electron chi connectivity index (χ0n) is 11.3. The van der Waals surface area contributed by atoms with Crippen molar-refractivity contribution >= 4 is 0 Å². The van der Waals surface area contributed by atoms with Gasteiger partial charge in [0.1, 0.15) is 5.82 Å². The maximum Gasteiger partial charge on any atom is 0.123 e. The number of aliphatic hydroxyl groups excluding tert-OH is 2. The van der Waals surface area contributed by atoms with Gasteiger partial charge in [0.05, 0.1) is 12.2 Å². The third-order valence-electron chi connectivity index (χ3n) is 3.90. The first kappa shape index (κ1) is 14.4. The van der Waals surface area contributed by atoms with Gasteiger partial charge in [-0.25, -0.2) is 4.39 Å². The second-order valence-electron chi connectivity index (χ2n) is 5.49. The van der Waals surface area contributed by atoms with E-state index in [9.17, 15) is 14.6 Å². The van der Waals surface area contributed by atoms with E-state index in [1.54, 1.807) is 12.1 Å². The zero-order chi connectivity index (χ0) is 13.8. The first-order valence-corrected chi connectivity index (χ1v) is 6.90. The van der Waals surface area contributed by atoms with Crippen LogP contribution in [0.1, 0.15) is 31.4 Å². The van der Waals surface area contributed by atoms with Gasteiger partial charge in [0.2, 0.25) is 0 Å². The molecule has 0 aliphatic carbocycles. The van der Waals surface area contributed by atoms with Crippen LogP contribution in [-0.4, -0.2) is 40.9 Å². The molecule has 0 radical (unpaired) electrons. The number of halogens is 1. The number of piperidine rings is 1. The Hall–Kier alpha value is -0.970. The van der Waals surface area contributed by atoms with Crippen LogP contribution in [0, 0.1) is 11.7 Å². The van der Waals surface area contributed by atoms with Gasteiger partial charge in [-0.05, 0) is 36.5 Å². The molecule has 1 aromatic carbocycles. The number of hydrogen-bond acceptors (Lipinski definition) is 3. The summed E-state index contributed by atoms with van der Waals surface area (Å²) in [5.41, 5.74) is 0.630. The lowest BCUT2D eigenvalue weighted by Crippen LogP contribution is -2.42. The van der Waals surface area contributed by atoms with E-state index in [2.05, 4.69) is 4.90 Å². The van der Waals surface area contributed by atoms with Gasteiger partial charge < -0.3 is 15.1 Å². The molecule has 1 heterocycles. The third-order valence-corrected chi connectivity index (χ3v) is 3.90. The molecular weight excluding hydrogens is 245 g/mol. The van der Waals surface area contributed by atoms with Crippen LogP contribution in [0.4, 0.5) is 4.39 Å². The molecule has 0 bridgehead atoms. The van der Waals surface area contributed by atoms with Crippen LogP contribution in [0.15, 0.2) is 24.3 Å². The molecule has 3 unspecified atom stereocenters. The monoisotopic (exact) mass is 267 g/mol. The molecule has 0 aromatic heterocycles. The van der Waals surface area contributed by atoms with Crippen molar-refractivity contribution in [2.45, 2.75) is 32.0 Å². The predicted octanol–water partition coefficient (Wildman–Crippen LogP) is 1.95. The highest BCUT2D eigenvalue weighted by Gasteiger charge is 2.24. The van der Waals surface area contributed by atoms with Crippen molar-refractivity contribution in [1.29, 1.82) is 0 Å². The Bertz CT molecular complexity index is 413. The average molecular weight is 267 g/mol. The van der Waals surface area contributed by atoms with Crippen LogP contribution in [0.3, 0.4) is 0 Å². The number of rotatable bonds is 4. The molecule has 1 aliphatic heterocycles. The summed E-state index contributed by atoms with van der Waals surface area (Å²) in [4.78, 5) is 2.25. The molecule has 0 saturated carbocycles. The highest BCUT2D eigenvalue weighted by molar-refractivity contribution is 5.18. The molecule has 106 valence electrons. The van der Waals surface area contributed by atoms with Crippen molar-refractivity contribution in [3.05, 3.63) is 35.6 Å². The van der Waals surface area contributed by atoms with E-state index < -0.39 is 6.10 Å². The number of hydrogen-bond donors (Lipinski definition) is 2. The van der Waals surface area contributed by atoms with Crippen molar-refractivity contribution in [2.75, 3.05) is 19.6 Å². The van der Waals surface area contributed by atoms with Gasteiger partial charge in [-0.3, -0.25) is 0 Å². The summed E-state index contributed by atoms with van der Waals surface area (Å²) in [6, 6.07) is 6.13. The smallest absolute Gasteiger partial charge is 0.123 e. The van der Waals surface area contributed by atoms with Gasteiger partial charge in [-0.1, -0.05) is 19.1 Å². The molecule has 1 aliphatic rings. The zero-order valence-corrected chi connectivity index (χ0v) is 11.3. The molecule has 1 fully saturated rings. The molecule has 3 nitrogen and oxygen atoms in total. The standard InChI is InChI=1S/C15H22FNO2/c1-11-10-17(7-5-14(11)18)8-6-15(19)12-3-2-4-13(16)9-12/h2-4,9,11,14-15,18-19H,5-8,10H2,1H3. The minimum atomic E-state index is -0.627. The minimum Gasteiger partial charge on any atom is -0.393 e. The van der Waals surface area contributed by atoms with E-state index in [1.165, 1.54) is 12.1 Å². The Balaban J connectivity index is 1.82. The van der Waals surface area contributed by atoms with Crippen LogP contribution in [-0.2, 0) is 0 Å². The molecule has 1 saturated heterocycles. The molecule has 0 amide bonds. The Kier molecular flexibility index (Phi) is 4.91. The van der Waals surface area contributed by atoms with Crippen LogP contribution < -0.4 is 0 Å². The Morgan fingerprint density at radius 2 is 2.26 bits per heavy atom. The van der Waals surface area contributed by atoms with Gasteiger partial charge in [-0.15, -0.1) is 0 Å². The summed E-state index contributed by atoms with van der Waals surface area (Å²) in [7, 11) is 0. The van der Waals surface area contributed by atoms with Gasteiger partial charge >= 0.3 is 0 Å². The van der Waals surface area contributed by atoms with E-state index in [1.807, 2.05) is 6.92 Å². The molecule has 3 atom stereocenters. The van der Waals surface area contributed by atoms with Crippen molar-refractivity contribution in [3.63, 3.8) is 0 Å². The quantitative estimate of drug-likeness (QED) is 0.876. The van der Waals surface area contributed by atoms with Crippen LogP contribution in [0.2, 0.25) is 0 Å². The van der Waals surface area contributed by atoms with Crippen molar-refractivity contribution in [3.8, 4) is 0 Å². The van der Waals surface area contributed by atoms with Crippen molar-refractivity contribution in [1.82, 2.24) is 4.90 Å². The third kappa shape index (κ3) is 4.00. The Morgan fingerprint density at radius 3 is 2.95 bits per heavy atom. The Labute approximate surface area is 113 Å².